The van der Waals surface area contributed by atoms with Crippen LogP contribution in [0.15, 0.2) is 65.6 Å². The predicted octanol–water partition coefficient (Wildman–Crippen LogP) is 3.21. The van der Waals surface area contributed by atoms with Crippen molar-refractivity contribution in [2.45, 2.75) is 26.4 Å². The molecule has 1 aliphatic rings. The Labute approximate surface area is 203 Å². The third kappa shape index (κ3) is 4.35. The van der Waals surface area contributed by atoms with E-state index in [1.807, 2.05) is 71.0 Å². The van der Waals surface area contributed by atoms with Crippen LogP contribution in [0.2, 0.25) is 0 Å². The predicted molar refractivity (Wildman–Crippen MR) is 132 cm³/mol. The summed E-state index contributed by atoms with van der Waals surface area (Å²) in [4.78, 5) is 33.3. The third-order valence-corrected chi connectivity index (χ3v) is 6.41. The summed E-state index contributed by atoms with van der Waals surface area (Å²) in [6.45, 7) is 3.18. The molecule has 0 fully saturated rings. The average molecular weight is 470 g/mol. The molecule has 4 heterocycles. The number of carbonyl (C=O) groups excluding carboxylic acids is 1. The lowest BCUT2D eigenvalue weighted by molar-refractivity contribution is 0.0721. The molecule has 0 saturated heterocycles. The normalized spacial score (nSPS) is 12.9. The number of methoxy groups -OCH3 is 1. The molecule has 1 amide bonds. The van der Waals surface area contributed by atoms with E-state index in [0.717, 1.165) is 28.2 Å². The van der Waals surface area contributed by atoms with Crippen molar-refractivity contribution in [3.05, 3.63) is 99.5 Å². The van der Waals surface area contributed by atoms with Gasteiger partial charge in [-0.05, 0) is 54.4 Å². The number of ether oxygens (including phenoxy) is 1. The van der Waals surface area contributed by atoms with Crippen LogP contribution in [0, 0.1) is 6.92 Å². The van der Waals surface area contributed by atoms with Gasteiger partial charge in [0.1, 0.15) is 11.4 Å². The third-order valence-electron chi connectivity index (χ3n) is 6.41. The molecule has 3 aromatic heterocycles. The maximum Gasteiger partial charge on any atom is 0.272 e. The van der Waals surface area contributed by atoms with Crippen LogP contribution in [0.25, 0.3) is 11.1 Å². The van der Waals surface area contributed by atoms with E-state index in [1.165, 1.54) is 0 Å². The van der Waals surface area contributed by atoms with Crippen LogP contribution in [0.4, 0.5) is 0 Å². The standard InChI is InChI=1S/C27H27N5O3/c1-18-13-25(30(2)29-18)27(34)31-12-10-24-20(16-31)15-23(19-7-6-9-22(14-19)35-3)26(33)32(24)17-21-8-4-5-11-28-21/h4-9,11,13-15H,10,12,16-17H2,1-3H3. The van der Waals surface area contributed by atoms with Crippen molar-refractivity contribution in [3.63, 3.8) is 0 Å². The van der Waals surface area contributed by atoms with Gasteiger partial charge in [-0.25, -0.2) is 0 Å². The van der Waals surface area contributed by atoms with Gasteiger partial charge in [0.15, 0.2) is 0 Å². The molecule has 8 nitrogen and oxygen atoms in total. The number of hydrogen-bond donors (Lipinski definition) is 0. The van der Waals surface area contributed by atoms with Gasteiger partial charge in [-0.2, -0.15) is 5.10 Å². The SMILES string of the molecule is COc1cccc(-c2cc3c(n(Cc4ccccn4)c2=O)CCN(C(=O)c2cc(C)nn2C)C3)c1. The first-order valence-corrected chi connectivity index (χ1v) is 11.5. The van der Waals surface area contributed by atoms with Crippen LogP contribution in [-0.4, -0.2) is 43.8 Å². The number of pyridine rings is 2. The number of aryl methyl sites for hydroxylation is 2. The van der Waals surface area contributed by atoms with Crippen LogP contribution in [0.3, 0.4) is 0 Å². The Morgan fingerprint density at radius 3 is 2.69 bits per heavy atom. The molecule has 1 aliphatic heterocycles. The van der Waals surface area contributed by atoms with Gasteiger partial charge in [0.25, 0.3) is 11.5 Å². The Bertz CT molecular complexity index is 1460. The quantitative estimate of drug-likeness (QED) is 0.448. The summed E-state index contributed by atoms with van der Waals surface area (Å²) in [6, 6.07) is 16.9. The second-order valence-corrected chi connectivity index (χ2v) is 8.75. The fourth-order valence-corrected chi connectivity index (χ4v) is 4.68. The van der Waals surface area contributed by atoms with Crippen molar-refractivity contribution >= 4 is 5.91 Å². The van der Waals surface area contributed by atoms with Gasteiger partial charge in [-0.3, -0.25) is 19.3 Å². The molecule has 0 N–H and O–H groups in total. The van der Waals surface area contributed by atoms with Crippen molar-refractivity contribution < 1.29 is 9.53 Å². The zero-order valence-electron chi connectivity index (χ0n) is 20.1. The molecule has 178 valence electrons. The van der Waals surface area contributed by atoms with E-state index < -0.39 is 0 Å². The maximum atomic E-state index is 13.7. The van der Waals surface area contributed by atoms with Crippen molar-refractivity contribution in [1.82, 2.24) is 24.2 Å². The molecule has 0 atom stereocenters. The molecule has 1 aromatic carbocycles. The zero-order chi connectivity index (χ0) is 24.5. The van der Waals surface area contributed by atoms with Crippen LogP contribution < -0.4 is 10.3 Å². The molecular formula is C27H27N5O3. The van der Waals surface area contributed by atoms with Crippen molar-refractivity contribution in [3.8, 4) is 16.9 Å². The fraction of sp³-hybridized carbons (Fsp3) is 0.259. The first-order valence-electron chi connectivity index (χ1n) is 11.5. The maximum absolute atomic E-state index is 13.7. The van der Waals surface area contributed by atoms with E-state index in [9.17, 15) is 9.59 Å². The fourth-order valence-electron chi connectivity index (χ4n) is 4.68. The summed E-state index contributed by atoms with van der Waals surface area (Å²) in [7, 11) is 3.39. The van der Waals surface area contributed by atoms with Crippen molar-refractivity contribution in [2.24, 2.45) is 7.05 Å². The number of amides is 1. The molecule has 4 aromatic rings. The molecule has 0 aliphatic carbocycles. The highest BCUT2D eigenvalue weighted by atomic mass is 16.5. The number of fused-ring (bicyclic) bond motifs is 1. The van der Waals surface area contributed by atoms with Gasteiger partial charge in [-0.15, -0.1) is 0 Å². The highest BCUT2D eigenvalue weighted by Gasteiger charge is 2.27. The Morgan fingerprint density at radius 1 is 1.11 bits per heavy atom. The van der Waals surface area contributed by atoms with Gasteiger partial charge in [-0.1, -0.05) is 18.2 Å². The summed E-state index contributed by atoms with van der Waals surface area (Å²) in [5.41, 5.74) is 5.34. The Kier molecular flexibility index (Phi) is 5.94. The van der Waals surface area contributed by atoms with Crippen LogP contribution in [0.5, 0.6) is 5.75 Å². The number of nitrogens with zero attached hydrogens (tertiary/aromatic N) is 5. The topological polar surface area (TPSA) is 82.2 Å². The van der Waals surface area contributed by atoms with Crippen LogP contribution in [-0.2, 0) is 26.6 Å². The van der Waals surface area contributed by atoms with E-state index >= 15 is 0 Å². The number of hydrogen-bond acceptors (Lipinski definition) is 5. The monoisotopic (exact) mass is 469 g/mol. The summed E-state index contributed by atoms with van der Waals surface area (Å²) in [5.74, 6) is 0.614. The number of carbonyl (C=O) groups is 1. The smallest absolute Gasteiger partial charge is 0.272 e. The van der Waals surface area contributed by atoms with Crippen LogP contribution >= 0.6 is 0 Å². The van der Waals surface area contributed by atoms with Crippen LogP contribution in [0.1, 0.15) is 33.1 Å². The Morgan fingerprint density at radius 2 is 1.97 bits per heavy atom. The van der Waals surface area contributed by atoms with Crippen molar-refractivity contribution in [2.75, 3.05) is 13.7 Å². The number of rotatable bonds is 5. The molecule has 0 bridgehead atoms. The second-order valence-electron chi connectivity index (χ2n) is 8.75. The minimum atomic E-state index is -0.0790. The van der Waals surface area contributed by atoms with Gasteiger partial charge in [0.2, 0.25) is 0 Å². The molecule has 0 saturated carbocycles. The van der Waals surface area contributed by atoms with E-state index in [2.05, 4.69) is 10.1 Å². The number of aromatic nitrogens is 4. The molecular weight excluding hydrogens is 442 g/mol. The lowest BCUT2D eigenvalue weighted by atomic mass is 9.98. The largest absolute Gasteiger partial charge is 0.497 e. The Balaban J connectivity index is 1.60. The van der Waals surface area contributed by atoms with Gasteiger partial charge in [0, 0.05) is 44.0 Å². The number of benzene rings is 1. The van der Waals surface area contributed by atoms with Gasteiger partial charge >= 0.3 is 0 Å². The summed E-state index contributed by atoms with van der Waals surface area (Å²) in [5, 5.41) is 4.32. The Hall–Kier alpha value is -4.20. The first-order chi connectivity index (χ1) is 16.9. The highest BCUT2D eigenvalue weighted by molar-refractivity contribution is 5.92. The molecule has 8 heteroatoms. The lowest BCUT2D eigenvalue weighted by Gasteiger charge is -2.31. The molecule has 5 rings (SSSR count). The summed E-state index contributed by atoms with van der Waals surface area (Å²) in [6.07, 6.45) is 2.31. The minimum Gasteiger partial charge on any atom is -0.497 e. The highest BCUT2D eigenvalue weighted by Crippen LogP contribution is 2.27. The van der Waals surface area contributed by atoms with Gasteiger partial charge < -0.3 is 14.2 Å². The second kappa shape index (κ2) is 9.21. The van der Waals surface area contributed by atoms with E-state index in [4.69, 9.17) is 4.74 Å². The van der Waals surface area contributed by atoms with Gasteiger partial charge in [0.05, 0.1) is 25.0 Å². The zero-order valence-corrected chi connectivity index (χ0v) is 20.1. The van der Waals surface area contributed by atoms with E-state index in [0.29, 0.717) is 43.1 Å². The first kappa shape index (κ1) is 22.6. The van der Waals surface area contributed by atoms with E-state index in [-0.39, 0.29) is 11.5 Å². The molecule has 0 spiro atoms. The average Bonchev–Trinajstić information content (AvgIpc) is 3.23. The van der Waals surface area contributed by atoms with E-state index in [1.54, 1.807) is 25.0 Å². The molecule has 0 radical (unpaired) electrons. The summed E-state index contributed by atoms with van der Waals surface area (Å²) >= 11 is 0. The molecule has 35 heavy (non-hydrogen) atoms. The lowest BCUT2D eigenvalue weighted by Crippen LogP contribution is -2.40. The summed E-state index contributed by atoms with van der Waals surface area (Å²) < 4.78 is 8.82. The van der Waals surface area contributed by atoms with Crippen molar-refractivity contribution in [1.29, 1.82) is 0 Å². The molecule has 0 unspecified atom stereocenters. The minimum absolute atomic E-state index is 0.0656.